The molecule has 0 aliphatic heterocycles. The maximum absolute atomic E-state index is 10.4. The van der Waals surface area contributed by atoms with Crippen LogP contribution in [-0.4, -0.2) is 36.0 Å². The van der Waals surface area contributed by atoms with Gasteiger partial charge >= 0.3 is 0 Å². The Morgan fingerprint density at radius 1 is 1.58 bits per heavy atom. The molecule has 0 bridgehead atoms. The van der Waals surface area contributed by atoms with Gasteiger partial charge in [-0.3, -0.25) is 4.55 Å². The van der Waals surface area contributed by atoms with Gasteiger partial charge in [-0.2, -0.15) is 33.7 Å². The minimum atomic E-state index is -4.09. The van der Waals surface area contributed by atoms with E-state index in [9.17, 15) is 8.42 Å². The van der Waals surface area contributed by atoms with Crippen molar-refractivity contribution in [3.05, 3.63) is 0 Å². The molecule has 0 aliphatic rings. The summed E-state index contributed by atoms with van der Waals surface area (Å²) >= 11 is 7.94. The van der Waals surface area contributed by atoms with Gasteiger partial charge < -0.3 is 4.74 Å². The van der Waals surface area contributed by atoms with E-state index in [0.29, 0.717) is 5.75 Å². The smallest absolute Gasteiger partial charge is 0.291 e. The van der Waals surface area contributed by atoms with E-state index in [1.165, 1.54) is 6.92 Å². The number of hydrogen-bond donors (Lipinski definition) is 3. The predicted octanol–water partition coefficient (Wildman–Crippen LogP) is 0.465. The van der Waals surface area contributed by atoms with Crippen LogP contribution in [-0.2, 0) is 14.9 Å². The summed E-state index contributed by atoms with van der Waals surface area (Å²) in [6.07, 6.45) is 0. The van der Waals surface area contributed by atoms with Crippen molar-refractivity contribution in [1.29, 1.82) is 0 Å². The maximum atomic E-state index is 10.4. The maximum Gasteiger partial charge on any atom is 0.291 e. The lowest BCUT2D eigenvalue weighted by Gasteiger charge is -2.12. The highest BCUT2D eigenvalue weighted by Crippen LogP contribution is 2.04. The highest BCUT2D eigenvalue weighted by molar-refractivity contribution is 7.86. The molecule has 0 aromatic heterocycles. The van der Waals surface area contributed by atoms with Gasteiger partial charge in [-0.05, 0) is 6.92 Å². The Morgan fingerprint density at radius 3 is 2.42 bits per heavy atom. The molecule has 0 radical (unpaired) electrons. The number of hydrogen-bond acceptors (Lipinski definition) is 5. The van der Waals surface area contributed by atoms with Gasteiger partial charge in [0.25, 0.3) is 10.1 Å². The number of thiol groups is 2. The lowest BCUT2D eigenvalue weighted by Crippen LogP contribution is -2.24. The zero-order chi connectivity index (χ0) is 9.78. The first-order chi connectivity index (χ1) is 5.38. The molecule has 2 atom stereocenters. The standard InChI is InChI=1S/C5H12O4S3/c1-4(12(6,7)8)9-2-5(11)3-10/h4-5,10-11H,2-3H2,1H3,(H,6,7,8). The highest BCUT2D eigenvalue weighted by atomic mass is 32.2. The SMILES string of the molecule is CC(OCC(S)CS)S(=O)(=O)O. The molecule has 1 N–H and O–H groups in total. The molecule has 0 aromatic carbocycles. The minimum Gasteiger partial charge on any atom is -0.359 e. The summed E-state index contributed by atoms with van der Waals surface area (Å²) in [4.78, 5) is 0. The van der Waals surface area contributed by atoms with Crippen LogP contribution in [0.5, 0.6) is 0 Å². The van der Waals surface area contributed by atoms with Crippen LogP contribution >= 0.6 is 25.3 Å². The zero-order valence-corrected chi connectivity index (χ0v) is 9.15. The molecule has 7 heteroatoms. The Bertz CT molecular complexity index is 213. The summed E-state index contributed by atoms with van der Waals surface area (Å²) in [5, 5.41) is -0.127. The summed E-state index contributed by atoms with van der Waals surface area (Å²) in [5.41, 5.74) is -1.20. The average molecular weight is 232 g/mol. The summed E-state index contributed by atoms with van der Waals surface area (Å²) in [5.74, 6) is 0.487. The second-order valence-corrected chi connectivity index (χ2v) is 5.04. The van der Waals surface area contributed by atoms with Crippen molar-refractivity contribution in [2.24, 2.45) is 0 Å². The van der Waals surface area contributed by atoms with Gasteiger partial charge in [0.1, 0.15) is 0 Å². The molecular formula is C5H12O4S3. The summed E-state index contributed by atoms with van der Waals surface area (Å²) in [6, 6.07) is 0. The summed E-state index contributed by atoms with van der Waals surface area (Å²) < 4.78 is 34.1. The zero-order valence-electron chi connectivity index (χ0n) is 6.54. The van der Waals surface area contributed by atoms with Gasteiger partial charge in [0.2, 0.25) is 0 Å². The first kappa shape index (κ1) is 12.6. The molecule has 12 heavy (non-hydrogen) atoms. The van der Waals surface area contributed by atoms with E-state index in [-0.39, 0.29) is 11.9 Å². The molecule has 0 saturated carbocycles. The van der Waals surface area contributed by atoms with Gasteiger partial charge in [0.15, 0.2) is 5.44 Å². The third-order valence-electron chi connectivity index (χ3n) is 1.15. The van der Waals surface area contributed by atoms with Crippen LogP contribution in [0.1, 0.15) is 6.92 Å². The van der Waals surface area contributed by atoms with Crippen molar-refractivity contribution in [3.63, 3.8) is 0 Å². The van der Waals surface area contributed by atoms with Crippen molar-refractivity contribution in [1.82, 2.24) is 0 Å². The third kappa shape index (κ3) is 5.26. The minimum absolute atomic E-state index is 0.127. The van der Waals surface area contributed by atoms with E-state index in [4.69, 9.17) is 9.29 Å². The Morgan fingerprint density at radius 2 is 2.08 bits per heavy atom. The van der Waals surface area contributed by atoms with Gasteiger partial charge in [-0.25, -0.2) is 0 Å². The Balaban J connectivity index is 3.80. The van der Waals surface area contributed by atoms with Gasteiger partial charge in [0, 0.05) is 11.0 Å². The molecule has 0 saturated heterocycles. The molecule has 0 spiro atoms. The summed E-state index contributed by atoms with van der Waals surface area (Å²) in [7, 11) is -4.09. The second-order valence-electron chi connectivity index (χ2n) is 2.25. The lowest BCUT2D eigenvalue weighted by atomic mass is 10.5. The number of ether oxygens (including phenoxy) is 1. The monoisotopic (exact) mass is 232 g/mol. The molecule has 74 valence electrons. The largest absolute Gasteiger partial charge is 0.359 e. The van der Waals surface area contributed by atoms with E-state index in [2.05, 4.69) is 25.3 Å². The van der Waals surface area contributed by atoms with Crippen LogP contribution in [0.2, 0.25) is 0 Å². The van der Waals surface area contributed by atoms with E-state index in [1.807, 2.05) is 0 Å². The van der Waals surface area contributed by atoms with Crippen LogP contribution in [0.15, 0.2) is 0 Å². The van der Waals surface area contributed by atoms with Crippen molar-refractivity contribution in [2.75, 3.05) is 12.4 Å². The second kappa shape index (κ2) is 5.33. The fourth-order valence-corrected chi connectivity index (χ4v) is 0.827. The van der Waals surface area contributed by atoms with E-state index < -0.39 is 15.6 Å². The van der Waals surface area contributed by atoms with Crippen LogP contribution in [0, 0.1) is 0 Å². The fraction of sp³-hybridized carbons (Fsp3) is 1.00. The first-order valence-electron chi connectivity index (χ1n) is 3.24. The molecular weight excluding hydrogens is 220 g/mol. The molecule has 0 heterocycles. The van der Waals surface area contributed by atoms with E-state index in [0.717, 1.165) is 0 Å². The Labute approximate surface area is 83.3 Å². The Kier molecular flexibility index (Phi) is 5.59. The Hall–Kier alpha value is 0.570. The molecule has 0 aliphatic carbocycles. The van der Waals surface area contributed by atoms with Crippen LogP contribution < -0.4 is 0 Å². The topological polar surface area (TPSA) is 63.6 Å². The fourth-order valence-electron chi connectivity index (χ4n) is 0.385. The molecule has 0 rings (SSSR count). The van der Waals surface area contributed by atoms with Gasteiger partial charge in [0.05, 0.1) is 6.61 Å². The molecule has 0 amide bonds. The highest BCUT2D eigenvalue weighted by Gasteiger charge is 2.18. The quantitative estimate of drug-likeness (QED) is 0.476. The van der Waals surface area contributed by atoms with Gasteiger partial charge in [-0.15, -0.1) is 0 Å². The van der Waals surface area contributed by atoms with Gasteiger partial charge in [-0.1, -0.05) is 0 Å². The molecule has 4 nitrogen and oxygen atoms in total. The normalized spacial score (nSPS) is 17.3. The number of rotatable bonds is 5. The van der Waals surface area contributed by atoms with Crippen molar-refractivity contribution in [2.45, 2.75) is 17.6 Å². The van der Waals surface area contributed by atoms with E-state index in [1.54, 1.807) is 0 Å². The van der Waals surface area contributed by atoms with Crippen LogP contribution in [0.4, 0.5) is 0 Å². The van der Waals surface area contributed by atoms with Crippen LogP contribution in [0.3, 0.4) is 0 Å². The van der Waals surface area contributed by atoms with E-state index >= 15 is 0 Å². The molecule has 2 unspecified atom stereocenters. The average Bonchev–Trinajstić information content (AvgIpc) is 1.97. The van der Waals surface area contributed by atoms with Crippen LogP contribution in [0.25, 0.3) is 0 Å². The molecule has 0 aromatic rings. The lowest BCUT2D eigenvalue weighted by molar-refractivity contribution is 0.114. The summed E-state index contributed by atoms with van der Waals surface area (Å²) in [6.45, 7) is 1.40. The van der Waals surface area contributed by atoms with Crippen molar-refractivity contribution < 1.29 is 17.7 Å². The van der Waals surface area contributed by atoms with Crippen molar-refractivity contribution >= 4 is 35.4 Å². The molecule has 0 fully saturated rings. The first-order valence-corrected chi connectivity index (χ1v) is 5.90. The predicted molar refractivity (Wildman–Crippen MR) is 53.6 cm³/mol. The van der Waals surface area contributed by atoms with Crippen molar-refractivity contribution in [3.8, 4) is 0 Å². The third-order valence-corrected chi connectivity index (χ3v) is 3.19.